The van der Waals surface area contributed by atoms with Crippen LogP contribution in [0.25, 0.3) is 0 Å². The van der Waals surface area contributed by atoms with Crippen LogP contribution in [0.3, 0.4) is 0 Å². The normalized spacial score (nSPS) is 30.6. The van der Waals surface area contributed by atoms with Crippen molar-refractivity contribution in [1.82, 2.24) is 10.2 Å². The first-order chi connectivity index (χ1) is 10.6. The van der Waals surface area contributed by atoms with E-state index in [9.17, 15) is 10.2 Å². The minimum Gasteiger partial charge on any atom is -0.497 e. The first-order valence-electron chi connectivity index (χ1n) is 8.10. The summed E-state index contributed by atoms with van der Waals surface area (Å²) in [6.07, 6.45) is 1.51. The summed E-state index contributed by atoms with van der Waals surface area (Å²) in [6.45, 7) is 4.09. The van der Waals surface area contributed by atoms with Gasteiger partial charge in [-0.15, -0.1) is 0 Å². The number of nitrogens with zero attached hydrogens (tertiary/aromatic N) is 1. The van der Waals surface area contributed by atoms with Crippen molar-refractivity contribution in [2.45, 2.75) is 24.5 Å². The van der Waals surface area contributed by atoms with E-state index in [0.717, 1.165) is 50.3 Å². The molecular formula is C17H26N2O3. The van der Waals surface area contributed by atoms with Gasteiger partial charge in [-0.05, 0) is 30.5 Å². The highest BCUT2D eigenvalue weighted by Crippen LogP contribution is 2.34. The highest BCUT2D eigenvalue weighted by atomic mass is 16.5. The maximum atomic E-state index is 11.2. The lowest BCUT2D eigenvalue weighted by Gasteiger charge is -2.36. The molecule has 0 saturated carbocycles. The zero-order valence-electron chi connectivity index (χ0n) is 13.2. The number of aliphatic hydroxyl groups is 2. The van der Waals surface area contributed by atoms with Crippen LogP contribution < -0.4 is 10.1 Å². The second-order valence-electron chi connectivity index (χ2n) is 6.51. The Morgan fingerprint density at radius 3 is 2.59 bits per heavy atom. The number of likely N-dealkylation sites (tertiary alicyclic amines) is 1. The number of nitrogens with one attached hydrogen (secondary N) is 1. The molecule has 2 heterocycles. The van der Waals surface area contributed by atoms with Crippen LogP contribution in [0.4, 0.5) is 0 Å². The Hall–Kier alpha value is -1.14. The average molecular weight is 306 g/mol. The first-order valence-corrected chi connectivity index (χ1v) is 8.10. The molecule has 3 rings (SSSR count). The lowest BCUT2D eigenvalue weighted by molar-refractivity contribution is -0.0101. The largest absolute Gasteiger partial charge is 0.497 e. The molecule has 0 unspecified atom stereocenters. The van der Waals surface area contributed by atoms with E-state index in [1.165, 1.54) is 0 Å². The lowest BCUT2D eigenvalue weighted by atomic mass is 9.83. The van der Waals surface area contributed by atoms with Crippen LogP contribution in [-0.4, -0.2) is 61.1 Å². The van der Waals surface area contributed by atoms with Crippen LogP contribution >= 0.6 is 0 Å². The maximum absolute atomic E-state index is 11.2. The monoisotopic (exact) mass is 306 g/mol. The smallest absolute Gasteiger partial charge is 0.118 e. The van der Waals surface area contributed by atoms with E-state index in [1.807, 2.05) is 24.3 Å². The quantitative estimate of drug-likeness (QED) is 0.758. The number of methoxy groups -OCH3 is 1. The van der Waals surface area contributed by atoms with E-state index < -0.39 is 5.60 Å². The maximum Gasteiger partial charge on any atom is 0.118 e. The Labute approximate surface area is 131 Å². The SMILES string of the molecule is COc1ccc([C@@]2(O)CNC[C@@H]2CN2CCC(O)CC2)cc1. The summed E-state index contributed by atoms with van der Waals surface area (Å²) in [5.74, 6) is 0.969. The molecule has 2 aliphatic rings. The topological polar surface area (TPSA) is 65.0 Å². The van der Waals surface area contributed by atoms with Crippen LogP contribution in [0.15, 0.2) is 24.3 Å². The lowest BCUT2D eigenvalue weighted by Crippen LogP contribution is -2.45. The van der Waals surface area contributed by atoms with Gasteiger partial charge in [0.05, 0.1) is 13.2 Å². The van der Waals surface area contributed by atoms with E-state index in [0.29, 0.717) is 6.54 Å². The van der Waals surface area contributed by atoms with Gasteiger partial charge in [-0.3, -0.25) is 0 Å². The predicted octanol–water partition coefficient (Wildman–Crippen LogP) is 0.559. The molecule has 3 N–H and O–H groups in total. The molecule has 122 valence electrons. The number of aliphatic hydroxyl groups excluding tert-OH is 1. The molecule has 1 aromatic carbocycles. The van der Waals surface area contributed by atoms with Gasteiger partial charge in [-0.25, -0.2) is 0 Å². The third kappa shape index (κ3) is 3.13. The Kier molecular flexibility index (Phi) is 4.68. The van der Waals surface area contributed by atoms with Gasteiger partial charge in [-0.1, -0.05) is 12.1 Å². The number of piperidine rings is 1. The summed E-state index contributed by atoms with van der Waals surface area (Å²) in [6, 6.07) is 7.72. The van der Waals surface area contributed by atoms with Crippen molar-refractivity contribution >= 4 is 0 Å². The molecule has 2 aliphatic heterocycles. The summed E-state index contributed by atoms with van der Waals surface area (Å²) < 4.78 is 5.19. The van der Waals surface area contributed by atoms with E-state index in [-0.39, 0.29) is 12.0 Å². The number of hydrogen-bond acceptors (Lipinski definition) is 5. The molecule has 0 radical (unpaired) electrons. The molecule has 1 aromatic rings. The van der Waals surface area contributed by atoms with Crippen LogP contribution in [0, 0.1) is 5.92 Å². The van der Waals surface area contributed by atoms with Gasteiger partial charge in [0.15, 0.2) is 0 Å². The molecule has 5 heteroatoms. The first kappa shape index (κ1) is 15.7. The van der Waals surface area contributed by atoms with Gasteiger partial charge >= 0.3 is 0 Å². The third-order valence-corrected chi connectivity index (χ3v) is 5.09. The number of hydrogen-bond donors (Lipinski definition) is 3. The molecule has 2 atom stereocenters. The Bertz CT molecular complexity index is 485. The number of β-amino-alcohol motifs (C(OH)–C–C–N with tert-alkyl or cyclic N) is 1. The second-order valence-corrected chi connectivity index (χ2v) is 6.51. The number of rotatable bonds is 4. The summed E-state index contributed by atoms with van der Waals surface area (Å²) in [7, 11) is 1.65. The van der Waals surface area contributed by atoms with E-state index in [1.54, 1.807) is 7.11 Å². The minimum atomic E-state index is -0.831. The van der Waals surface area contributed by atoms with Gasteiger partial charge in [0.25, 0.3) is 0 Å². The van der Waals surface area contributed by atoms with Crippen molar-refractivity contribution in [1.29, 1.82) is 0 Å². The van der Waals surface area contributed by atoms with Crippen molar-refractivity contribution in [3.8, 4) is 5.75 Å². The summed E-state index contributed by atoms with van der Waals surface area (Å²) in [4.78, 5) is 2.36. The van der Waals surface area contributed by atoms with Gasteiger partial charge in [0.1, 0.15) is 11.4 Å². The minimum absolute atomic E-state index is 0.154. The third-order valence-electron chi connectivity index (χ3n) is 5.09. The van der Waals surface area contributed by atoms with Crippen molar-refractivity contribution in [3.63, 3.8) is 0 Å². The zero-order chi connectivity index (χ0) is 15.6. The van der Waals surface area contributed by atoms with E-state index >= 15 is 0 Å². The fraction of sp³-hybridized carbons (Fsp3) is 0.647. The van der Waals surface area contributed by atoms with Crippen molar-refractivity contribution in [2.75, 3.05) is 39.8 Å². The number of ether oxygens (including phenoxy) is 1. The fourth-order valence-electron chi connectivity index (χ4n) is 3.60. The standard InChI is InChI=1S/C17H26N2O3/c1-22-16-4-2-13(3-5-16)17(21)12-18-10-14(17)11-19-8-6-15(20)7-9-19/h2-5,14-15,18,20-21H,6-12H2,1H3/t14-,17+/m1/s1. The predicted molar refractivity (Wildman–Crippen MR) is 84.9 cm³/mol. The van der Waals surface area contributed by atoms with E-state index in [2.05, 4.69) is 10.2 Å². The molecule has 0 amide bonds. The van der Waals surface area contributed by atoms with Gasteiger partial charge in [-0.2, -0.15) is 0 Å². The molecule has 0 aromatic heterocycles. The Morgan fingerprint density at radius 2 is 1.95 bits per heavy atom. The molecule has 5 nitrogen and oxygen atoms in total. The van der Waals surface area contributed by atoms with Crippen molar-refractivity contribution in [2.24, 2.45) is 5.92 Å². The summed E-state index contributed by atoms with van der Waals surface area (Å²) in [5.41, 5.74) is 0.114. The van der Waals surface area contributed by atoms with Crippen molar-refractivity contribution < 1.29 is 14.9 Å². The summed E-state index contributed by atoms with van der Waals surface area (Å²) in [5, 5.41) is 24.1. The van der Waals surface area contributed by atoms with Crippen molar-refractivity contribution in [3.05, 3.63) is 29.8 Å². The average Bonchev–Trinajstić information content (AvgIpc) is 2.92. The molecule has 2 fully saturated rings. The highest BCUT2D eigenvalue weighted by molar-refractivity contribution is 5.32. The molecule has 0 aliphatic carbocycles. The second kappa shape index (κ2) is 6.54. The van der Waals surface area contributed by atoms with E-state index in [4.69, 9.17) is 4.74 Å². The van der Waals surface area contributed by atoms with Gasteiger partial charge < -0.3 is 25.2 Å². The summed E-state index contributed by atoms with van der Waals surface area (Å²) >= 11 is 0. The fourth-order valence-corrected chi connectivity index (χ4v) is 3.60. The van der Waals surface area contributed by atoms with Crippen LogP contribution in [0.2, 0.25) is 0 Å². The van der Waals surface area contributed by atoms with Crippen LogP contribution in [0.5, 0.6) is 5.75 Å². The molecular weight excluding hydrogens is 280 g/mol. The molecule has 2 saturated heterocycles. The Morgan fingerprint density at radius 1 is 1.27 bits per heavy atom. The van der Waals surface area contributed by atoms with Crippen LogP contribution in [-0.2, 0) is 5.60 Å². The molecule has 0 spiro atoms. The van der Waals surface area contributed by atoms with Crippen LogP contribution in [0.1, 0.15) is 18.4 Å². The molecule has 22 heavy (non-hydrogen) atoms. The van der Waals surface area contributed by atoms with Gasteiger partial charge in [0.2, 0.25) is 0 Å². The van der Waals surface area contributed by atoms with Gasteiger partial charge in [0, 0.05) is 38.6 Å². The Balaban J connectivity index is 1.70. The molecule has 0 bridgehead atoms. The highest BCUT2D eigenvalue weighted by Gasteiger charge is 2.43. The zero-order valence-corrected chi connectivity index (χ0v) is 13.2. The number of benzene rings is 1.